The van der Waals surface area contributed by atoms with E-state index in [9.17, 15) is 4.79 Å². The summed E-state index contributed by atoms with van der Waals surface area (Å²) in [5.41, 5.74) is 0.990. The second-order valence-corrected chi connectivity index (χ2v) is 3.74. The highest BCUT2D eigenvalue weighted by atomic mass is 32.1. The molecule has 1 aromatic rings. The van der Waals surface area contributed by atoms with Crippen LogP contribution >= 0.6 is 11.3 Å². The Balaban J connectivity index is 2.23. The SMILES string of the molecule is CCOCC(=O)NCc1nc(C)cs1. The van der Waals surface area contributed by atoms with Gasteiger partial charge in [0.25, 0.3) is 0 Å². The van der Waals surface area contributed by atoms with Crippen molar-refractivity contribution in [2.45, 2.75) is 20.4 Å². The van der Waals surface area contributed by atoms with Crippen molar-refractivity contribution >= 4 is 17.2 Å². The quantitative estimate of drug-likeness (QED) is 0.798. The Morgan fingerprint density at radius 1 is 1.71 bits per heavy atom. The zero-order valence-corrected chi connectivity index (χ0v) is 9.19. The maximum Gasteiger partial charge on any atom is 0.246 e. The fourth-order valence-corrected chi connectivity index (χ4v) is 1.62. The van der Waals surface area contributed by atoms with Gasteiger partial charge in [-0.25, -0.2) is 4.98 Å². The van der Waals surface area contributed by atoms with Crippen LogP contribution in [0.2, 0.25) is 0 Å². The summed E-state index contributed by atoms with van der Waals surface area (Å²) in [6, 6.07) is 0. The second-order valence-electron chi connectivity index (χ2n) is 2.80. The minimum Gasteiger partial charge on any atom is -0.372 e. The van der Waals surface area contributed by atoms with E-state index in [-0.39, 0.29) is 12.5 Å². The second kappa shape index (κ2) is 5.72. The Kier molecular flexibility index (Phi) is 4.55. The molecule has 1 N–H and O–H groups in total. The molecule has 0 saturated heterocycles. The molecule has 5 heteroatoms. The van der Waals surface area contributed by atoms with Crippen LogP contribution in [0, 0.1) is 6.92 Å². The monoisotopic (exact) mass is 214 g/mol. The lowest BCUT2D eigenvalue weighted by Crippen LogP contribution is -2.27. The van der Waals surface area contributed by atoms with Crippen LogP contribution in [0.15, 0.2) is 5.38 Å². The third-order valence-corrected chi connectivity index (χ3v) is 2.51. The third kappa shape index (κ3) is 3.85. The van der Waals surface area contributed by atoms with E-state index in [1.165, 1.54) is 0 Å². The molecule has 0 aliphatic carbocycles. The van der Waals surface area contributed by atoms with Gasteiger partial charge in [-0.2, -0.15) is 0 Å². The fraction of sp³-hybridized carbons (Fsp3) is 0.556. The molecule has 1 amide bonds. The first-order valence-electron chi connectivity index (χ1n) is 4.47. The molecule has 4 nitrogen and oxygen atoms in total. The van der Waals surface area contributed by atoms with Gasteiger partial charge >= 0.3 is 0 Å². The van der Waals surface area contributed by atoms with E-state index < -0.39 is 0 Å². The number of hydrogen-bond acceptors (Lipinski definition) is 4. The molecule has 78 valence electrons. The lowest BCUT2D eigenvalue weighted by Gasteiger charge is -2.02. The molecule has 0 spiro atoms. The Morgan fingerprint density at radius 2 is 2.50 bits per heavy atom. The molecule has 0 saturated carbocycles. The minimum atomic E-state index is -0.0975. The van der Waals surface area contributed by atoms with Gasteiger partial charge in [0.1, 0.15) is 11.6 Å². The van der Waals surface area contributed by atoms with Crippen LogP contribution in [0.4, 0.5) is 0 Å². The van der Waals surface area contributed by atoms with Crippen LogP contribution in [-0.4, -0.2) is 24.1 Å². The number of rotatable bonds is 5. The predicted molar refractivity (Wildman–Crippen MR) is 55.2 cm³/mol. The number of thiazole rings is 1. The van der Waals surface area contributed by atoms with Gasteiger partial charge < -0.3 is 10.1 Å². The van der Waals surface area contributed by atoms with Crippen molar-refractivity contribution < 1.29 is 9.53 Å². The van der Waals surface area contributed by atoms with Gasteiger partial charge in [-0.05, 0) is 13.8 Å². The zero-order valence-electron chi connectivity index (χ0n) is 8.37. The van der Waals surface area contributed by atoms with Crippen molar-refractivity contribution in [3.8, 4) is 0 Å². The standard InChI is InChI=1S/C9H14N2O2S/c1-3-13-5-8(12)10-4-9-11-7(2)6-14-9/h6H,3-5H2,1-2H3,(H,10,12). The number of nitrogens with one attached hydrogen (secondary N) is 1. The van der Waals surface area contributed by atoms with Crippen molar-refractivity contribution in [2.24, 2.45) is 0 Å². The van der Waals surface area contributed by atoms with E-state index >= 15 is 0 Å². The molecular formula is C9H14N2O2S. The normalized spacial score (nSPS) is 10.1. The highest BCUT2D eigenvalue weighted by molar-refractivity contribution is 7.09. The molecule has 1 heterocycles. The van der Waals surface area contributed by atoms with Gasteiger partial charge in [0.2, 0.25) is 5.91 Å². The molecular weight excluding hydrogens is 200 g/mol. The van der Waals surface area contributed by atoms with Crippen LogP contribution in [0.3, 0.4) is 0 Å². The van der Waals surface area contributed by atoms with Gasteiger partial charge in [-0.1, -0.05) is 0 Å². The number of aromatic nitrogens is 1. The maximum atomic E-state index is 11.1. The van der Waals surface area contributed by atoms with Crippen LogP contribution in [0.1, 0.15) is 17.6 Å². The first-order chi connectivity index (χ1) is 6.72. The average Bonchev–Trinajstić information content (AvgIpc) is 2.58. The van der Waals surface area contributed by atoms with E-state index in [1.54, 1.807) is 11.3 Å². The largest absolute Gasteiger partial charge is 0.372 e. The molecule has 0 radical (unpaired) electrons. The van der Waals surface area contributed by atoms with E-state index in [1.807, 2.05) is 19.2 Å². The smallest absolute Gasteiger partial charge is 0.246 e. The van der Waals surface area contributed by atoms with Gasteiger partial charge in [0, 0.05) is 17.7 Å². The summed E-state index contributed by atoms with van der Waals surface area (Å²) < 4.78 is 4.96. The fourth-order valence-electron chi connectivity index (χ4n) is 0.904. The van der Waals surface area contributed by atoms with Gasteiger partial charge in [-0.15, -0.1) is 11.3 Å². The Bertz CT molecular complexity index is 299. The Morgan fingerprint density at radius 3 is 3.07 bits per heavy atom. The van der Waals surface area contributed by atoms with Gasteiger partial charge in [0.05, 0.1) is 6.54 Å². The first kappa shape index (κ1) is 11.1. The van der Waals surface area contributed by atoms with Gasteiger partial charge in [-0.3, -0.25) is 4.79 Å². The highest BCUT2D eigenvalue weighted by Gasteiger charge is 2.02. The number of ether oxygens (including phenoxy) is 1. The van der Waals surface area contributed by atoms with Crippen molar-refractivity contribution in [2.75, 3.05) is 13.2 Å². The van der Waals surface area contributed by atoms with Crippen molar-refractivity contribution in [3.05, 3.63) is 16.1 Å². The zero-order chi connectivity index (χ0) is 10.4. The van der Waals surface area contributed by atoms with E-state index in [0.29, 0.717) is 13.2 Å². The molecule has 1 rings (SSSR count). The van der Waals surface area contributed by atoms with Crippen LogP contribution in [0.25, 0.3) is 0 Å². The average molecular weight is 214 g/mol. The van der Waals surface area contributed by atoms with Crippen molar-refractivity contribution in [1.29, 1.82) is 0 Å². The number of carbonyl (C=O) groups is 1. The highest BCUT2D eigenvalue weighted by Crippen LogP contribution is 2.07. The first-order valence-corrected chi connectivity index (χ1v) is 5.35. The lowest BCUT2D eigenvalue weighted by molar-refractivity contribution is -0.125. The molecule has 0 fully saturated rings. The third-order valence-electron chi connectivity index (χ3n) is 1.54. The maximum absolute atomic E-state index is 11.1. The Hall–Kier alpha value is -0.940. The van der Waals surface area contributed by atoms with Crippen LogP contribution < -0.4 is 5.32 Å². The number of carbonyl (C=O) groups excluding carboxylic acids is 1. The molecule has 0 unspecified atom stereocenters. The summed E-state index contributed by atoms with van der Waals surface area (Å²) in [4.78, 5) is 15.3. The summed E-state index contributed by atoms with van der Waals surface area (Å²) in [6.07, 6.45) is 0. The molecule has 0 bridgehead atoms. The van der Waals surface area contributed by atoms with Crippen LogP contribution in [-0.2, 0) is 16.1 Å². The number of nitrogens with zero attached hydrogens (tertiary/aromatic N) is 1. The lowest BCUT2D eigenvalue weighted by atomic mass is 10.5. The number of aryl methyl sites for hydroxylation is 1. The number of amides is 1. The molecule has 0 atom stereocenters. The van der Waals surface area contributed by atoms with E-state index in [2.05, 4.69) is 10.3 Å². The van der Waals surface area contributed by atoms with Crippen molar-refractivity contribution in [3.63, 3.8) is 0 Å². The molecule has 14 heavy (non-hydrogen) atoms. The molecule has 0 aromatic carbocycles. The molecule has 0 aliphatic rings. The van der Waals surface area contributed by atoms with Gasteiger partial charge in [0.15, 0.2) is 0 Å². The predicted octanol–water partition coefficient (Wildman–Crippen LogP) is 1.10. The summed E-state index contributed by atoms with van der Waals surface area (Å²) in [7, 11) is 0. The summed E-state index contributed by atoms with van der Waals surface area (Å²) >= 11 is 1.55. The molecule has 1 aromatic heterocycles. The summed E-state index contributed by atoms with van der Waals surface area (Å²) in [6.45, 7) is 4.97. The summed E-state index contributed by atoms with van der Waals surface area (Å²) in [5.74, 6) is -0.0975. The van der Waals surface area contributed by atoms with Crippen LogP contribution in [0.5, 0.6) is 0 Å². The Labute approximate surface area is 87.3 Å². The number of hydrogen-bond donors (Lipinski definition) is 1. The minimum absolute atomic E-state index is 0.0975. The van der Waals surface area contributed by atoms with E-state index in [0.717, 1.165) is 10.7 Å². The summed E-state index contributed by atoms with van der Waals surface area (Å²) in [5, 5.41) is 5.62. The van der Waals surface area contributed by atoms with E-state index in [4.69, 9.17) is 4.74 Å². The molecule has 0 aliphatic heterocycles. The van der Waals surface area contributed by atoms with Crippen molar-refractivity contribution in [1.82, 2.24) is 10.3 Å². The topological polar surface area (TPSA) is 51.2 Å².